The summed E-state index contributed by atoms with van der Waals surface area (Å²) in [4.78, 5) is 19.4. The molecule has 0 aromatic carbocycles. The number of nitrogens with zero attached hydrogens (tertiary/aromatic N) is 1. The molecule has 46 heavy (non-hydrogen) atoms. The lowest BCUT2D eigenvalue weighted by molar-refractivity contribution is -0.313. The largest absolute Gasteiger partial charge is 0.462 e. The molecule has 5 rings (SSSR count). The fourth-order valence-corrected chi connectivity index (χ4v) is 7.94. The molecular weight excluding hydrogens is 586 g/mol. The van der Waals surface area contributed by atoms with Gasteiger partial charge in [-0.05, 0) is 62.2 Å². The second kappa shape index (κ2) is 13.9. The van der Waals surface area contributed by atoms with E-state index in [2.05, 4.69) is 64.9 Å². The van der Waals surface area contributed by atoms with Crippen molar-refractivity contribution in [3.8, 4) is 0 Å². The fraction of sp³-hybridized carbons (Fsp3) is 0.676. The SMILES string of the molecule is CO/N=C1\C[C@]2(C[C@@H]3C[C@@H](C/C=C(/C)C[C@@H](C)/C=C\C=C4\CO[C@H]5[C@@H](O)C(C)=C[C@H](C(=O)O3)[C@@]45O)O2)O[C@H](/C(C)=C\C(C)C)[C@H]1C. The van der Waals surface area contributed by atoms with Crippen molar-refractivity contribution < 1.29 is 38.8 Å². The summed E-state index contributed by atoms with van der Waals surface area (Å²) in [6, 6.07) is 0. The first-order valence-electron chi connectivity index (χ1n) is 16.8. The molecule has 10 atom stereocenters. The van der Waals surface area contributed by atoms with Crippen molar-refractivity contribution in [2.24, 2.45) is 28.8 Å². The van der Waals surface area contributed by atoms with Gasteiger partial charge in [0.2, 0.25) is 0 Å². The third-order valence-corrected chi connectivity index (χ3v) is 10.1. The molecule has 0 radical (unpaired) electrons. The van der Waals surface area contributed by atoms with Crippen LogP contribution in [0.3, 0.4) is 0 Å². The van der Waals surface area contributed by atoms with Gasteiger partial charge in [0, 0.05) is 25.2 Å². The maximum Gasteiger partial charge on any atom is 0.316 e. The Kier molecular flexibility index (Phi) is 10.5. The van der Waals surface area contributed by atoms with Gasteiger partial charge >= 0.3 is 5.97 Å². The van der Waals surface area contributed by atoms with Gasteiger partial charge in [0.25, 0.3) is 0 Å². The Balaban J connectivity index is 1.55. The van der Waals surface area contributed by atoms with Gasteiger partial charge in [-0.3, -0.25) is 4.79 Å². The zero-order valence-corrected chi connectivity index (χ0v) is 28.7. The Morgan fingerprint density at radius 2 is 1.96 bits per heavy atom. The van der Waals surface area contributed by atoms with E-state index in [1.165, 1.54) is 5.57 Å². The van der Waals surface area contributed by atoms with Crippen LogP contribution in [0.1, 0.15) is 80.6 Å². The van der Waals surface area contributed by atoms with E-state index in [0.29, 0.717) is 42.7 Å². The van der Waals surface area contributed by atoms with Gasteiger partial charge in [0.05, 0.1) is 24.5 Å². The number of hydrogen-bond donors (Lipinski definition) is 2. The Labute approximate surface area is 274 Å². The number of hydrogen-bond acceptors (Lipinski definition) is 9. The minimum atomic E-state index is -1.74. The predicted octanol–water partition coefficient (Wildman–Crippen LogP) is 5.73. The van der Waals surface area contributed by atoms with E-state index in [1.54, 1.807) is 20.1 Å². The molecule has 0 aromatic heterocycles. The molecule has 0 saturated carbocycles. The summed E-state index contributed by atoms with van der Waals surface area (Å²) >= 11 is 0. The third-order valence-electron chi connectivity index (χ3n) is 10.1. The highest BCUT2D eigenvalue weighted by Crippen LogP contribution is 2.47. The number of aliphatic hydroxyl groups is 2. The molecule has 0 aromatic rings. The van der Waals surface area contributed by atoms with Gasteiger partial charge in [-0.25, -0.2) is 0 Å². The van der Waals surface area contributed by atoms with Gasteiger partial charge in [-0.1, -0.05) is 74.9 Å². The van der Waals surface area contributed by atoms with Gasteiger partial charge in [-0.2, -0.15) is 0 Å². The van der Waals surface area contributed by atoms with Gasteiger partial charge < -0.3 is 34.0 Å². The Morgan fingerprint density at radius 1 is 1.20 bits per heavy atom. The monoisotopic (exact) mass is 639 g/mol. The van der Waals surface area contributed by atoms with Crippen LogP contribution in [-0.2, 0) is 28.6 Å². The van der Waals surface area contributed by atoms with Crippen molar-refractivity contribution in [1.82, 2.24) is 0 Å². The molecule has 0 unspecified atom stereocenters. The number of fused-ring (bicyclic) bond motifs is 2. The number of aliphatic hydroxyl groups excluding tert-OH is 1. The van der Waals surface area contributed by atoms with Gasteiger partial charge in [0.15, 0.2) is 5.79 Å². The molecule has 3 fully saturated rings. The minimum Gasteiger partial charge on any atom is -0.462 e. The van der Waals surface area contributed by atoms with Crippen molar-refractivity contribution >= 4 is 11.7 Å². The van der Waals surface area contributed by atoms with Crippen molar-refractivity contribution in [3.63, 3.8) is 0 Å². The van der Waals surface area contributed by atoms with Crippen molar-refractivity contribution in [1.29, 1.82) is 0 Å². The number of ether oxygens (including phenoxy) is 4. The predicted molar refractivity (Wildman–Crippen MR) is 176 cm³/mol. The van der Waals surface area contributed by atoms with Crippen LogP contribution in [0.15, 0.2) is 63.9 Å². The Bertz CT molecular complexity index is 1340. The molecule has 1 aliphatic carbocycles. The zero-order chi connectivity index (χ0) is 33.4. The maximum absolute atomic E-state index is 14.2. The molecule has 4 heterocycles. The van der Waals surface area contributed by atoms with Gasteiger partial charge in [-0.15, -0.1) is 0 Å². The van der Waals surface area contributed by atoms with E-state index in [4.69, 9.17) is 23.8 Å². The van der Waals surface area contributed by atoms with E-state index in [1.807, 2.05) is 12.2 Å². The number of carbonyl (C=O) groups excluding carboxylic acids is 1. The molecule has 9 nitrogen and oxygen atoms in total. The number of esters is 1. The van der Waals surface area contributed by atoms with E-state index in [9.17, 15) is 15.0 Å². The normalized spacial score (nSPS) is 44.5. The van der Waals surface area contributed by atoms with Crippen LogP contribution in [0.2, 0.25) is 0 Å². The molecule has 2 bridgehead atoms. The van der Waals surface area contributed by atoms with Gasteiger partial charge in [0.1, 0.15) is 36.9 Å². The molecular formula is C37H53NO8. The first-order chi connectivity index (χ1) is 21.8. The number of rotatable bonds is 3. The van der Waals surface area contributed by atoms with Crippen molar-refractivity contribution in [2.75, 3.05) is 13.7 Å². The minimum absolute atomic E-state index is 0.0340. The first-order valence-corrected chi connectivity index (χ1v) is 16.8. The topological polar surface area (TPSA) is 116 Å². The molecule has 1 spiro atoms. The number of carbonyl (C=O) groups is 1. The summed E-state index contributed by atoms with van der Waals surface area (Å²) in [5.74, 6) is -2.15. The second-order valence-corrected chi connectivity index (χ2v) is 14.5. The van der Waals surface area contributed by atoms with Crippen LogP contribution >= 0.6 is 0 Å². The molecule has 3 saturated heterocycles. The Morgan fingerprint density at radius 3 is 2.67 bits per heavy atom. The average Bonchev–Trinajstić information content (AvgIpc) is 3.31. The third kappa shape index (κ3) is 6.99. The molecule has 4 aliphatic heterocycles. The highest BCUT2D eigenvalue weighted by Gasteiger charge is 2.60. The van der Waals surface area contributed by atoms with Crippen LogP contribution < -0.4 is 0 Å². The summed E-state index contributed by atoms with van der Waals surface area (Å²) in [5.41, 5.74) is 2.54. The van der Waals surface area contributed by atoms with Crippen LogP contribution in [0.25, 0.3) is 0 Å². The number of allylic oxidation sites excluding steroid dienone is 5. The molecule has 9 heteroatoms. The lowest BCUT2D eigenvalue weighted by Crippen LogP contribution is -2.59. The number of oxime groups is 1. The van der Waals surface area contributed by atoms with Crippen molar-refractivity contribution in [3.05, 3.63) is 58.7 Å². The van der Waals surface area contributed by atoms with Crippen LogP contribution in [-0.4, -0.2) is 77.5 Å². The molecule has 2 N–H and O–H groups in total. The summed E-state index contributed by atoms with van der Waals surface area (Å²) in [6.07, 6.45) is 11.4. The zero-order valence-electron chi connectivity index (χ0n) is 28.7. The standard InChI is InChI=1S/C37H53NO8/c1-21(2)14-25(6)33-26(7)31(38-42-8)19-36(46-33)18-29-17-28(45-36)13-12-23(4)15-22(3)10-9-11-27-20-43-34-32(39)24(5)16-30(35(40)44-29)37(27,34)41/h9-12,14,16,21-22,26,28-30,32-34,39,41H,13,15,17-20H2,1-8H3/b10-9-,23-12-,25-14-,27-11-,38-31+/t22-,26-,28+,29-,30+,32-,33+,34-,36-,37-/m0/s1. The highest BCUT2D eigenvalue weighted by molar-refractivity contribution is 5.88. The Hall–Kier alpha value is -2.56. The lowest BCUT2D eigenvalue weighted by Gasteiger charge is -2.50. The van der Waals surface area contributed by atoms with E-state index < -0.39 is 41.6 Å². The fourth-order valence-electron chi connectivity index (χ4n) is 7.94. The first kappa shape index (κ1) is 34.8. The summed E-state index contributed by atoms with van der Waals surface area (Å²) in [5, 5.41) is 27.6. The lowest BCUT2D eigenvalue weighted by atomic mass is 9.71. The molecule has 0 amide bonds. The van der Waals surface area contributed by atoms with E-state index in [-0.39, 0.29) is 30.7 Å². The van der Waals surface area contributed by atoms with Crippen LogP contribution in [0, 0.1) is 23.7 Å². The van der Waals surface area contributed by atoms with Crippen LogP contribution in [0.5, 0.6) is 0 Å². The van der Waals surface area contributed by atoms with E-state index >= 15 is 0 Å². The highest BCUT2D eigenvalue weighted by atomic mass is 16.7. The second-order valence-electron chi connectivity index (χ2n) is 14.5. The smallest absolute Gasteiger partial charge is 0.316 e. The molecule has 5 aliphatic rings. The molecule has 254 valence electrons. The quantitative estimate of drug-likeness (QED) is 0.229. The maximum atomic E-state index is 14.2. The summed E-state index contributed by atoms with van der Waals surface area (Å²) in [7, 11) is 1.55. The summed E-state index contributed by atoms with van der Waals surface area (Å²) in [6.45, 7) is 14.6. The van der Waals surface area contributed by atoms with Crippen molar-refractivity contribution in [2.45, 2.75) is 122 Å². The van der Waals surface area contributed by atoms with Crippen LogP contribution in [0.4, 0.5) is 0 Å². The van der Waals surface area contributed by atoms with E-state index in [0.717, 1.165) is 17.7 Å². The summed E-state index contributed by atoms with van der Waals surface area (Å²) < 4.78 is 26.0. The average molecular weight is 640 g/mol.